The van der Waals surface area contributed by atoms with Crippen LogP contribution in [0.3, 0.4) is 0 Å². The van der Waals surface area contributed by atoms with Gasteiger partial charge in [-0.3, -0.25) is 9.59 Å². The molecule has 0 saturated heterocycles. The first-order chi connectivity index (χ1) is 15.7. The molecule has 0 aliphatic rings. The lowest BCUT2D eigenvalue weighted by Gasteiger charge is -2.18. The summed E-state index contributed by atoms with van der Waals surface area (Å²) in [4.78, 5) is 34.6. The molecule has 0 heterocycles. The Morgan fingerprint density at radius 2 is 1.12 bits per heavy atom. The van der Waals surface area contributed by atoms with E-state index >= 15 is 0 Å². The maximum atomic E-state index is 11.9. The van der Waals surface area contributed by atoms with Gasteiger partial charge < -0.3 is 14.2 Å². The Hall–Kier alpha value is -0.720. The Kier molecular flexibility index (Phi) is 20.2. The zero-order chi connectivity index (χ0) is 25.0. The van der Waals surface area contributed by atoms with E-state index in [1.54, 1.807) is 0 Å². The molecular formula is C24H41Cl3O6. The van der Waals surface area contributed by atoms with Crippen molar-refractivity contribution in [3.05, 3.63) is 0 Å². The molecule has 0 radical (unpaired) electrons. The fourth-order valence-electron chi connectivity index (χ4n) is 3.32. The molecule has 0 fully saturated rings. The number of hydrogen-bond donors (Lipinski definition) is 0. The van der Waals surface area contributed by atoms with Crippen molar-refractivity contribution in [2.24, 2.45) is 0 Å². The number of carbonyl (C=O) groups is 3. The van der Waals surface area contributed by atoms with Gasteiger partial charge in [0, 0.05) is 13.3 Å². The first-order valence-corrected chi connectivity index (χ1v) is 13.4. The summed E-state index contributed by atoms with van der Waals surface area (Å²) in [6, 6.07) is 0. The van der Waals surface area contributed by atoms with Crippen molar-refractivity contribution < 1.29 is 28.6 Å². The maximum absolute atomic E-state index is 11.9. The maximum Gasteiger partial charge on any atom is 0.358 e. The lowest BCUT2D eigenvalue weighted by Crippen LogP contribution is -2.32. The van der Waals surface area contributed by atoms with E-state index in [-0.39, 0.29) is 13.2 Å². The first-order valence-electron chi connectivity index (χ1n) is 12.2. The van der Waals surface area contributed by atoms with Crippen LogP contribution in [0.1, 0.15) is 110 Å². The lowest BCUT2D eigenvalue weighted by molar-refractivity contribution is -0.165. The molecule has 0 amide bonds. The van der Waals surface area contributed by atoms with E-state index in [2.05, 4.69) is 6.92 Å². The minimum Gasteiger partial charge on any atom is -0.462 e. The molecule has 0 N–H and O–H groups in total. The average Bonchev–Trinajstić information content (AvgIpc) is 2.74. The minimum absolute atomic E-state index is 0.232. The van der Waals surface area contributed by atoms with Crippen molar-refractivity contribution in [2.75, 3.05) is 13.2 Å². The van der Waals surface area contributed by atoms with Crippen LogP contribution >= 0.6 is 34.8 Å². The highest BCUT2D eigenvalue weighted by Crippen LogP contribution is 2.27. The highest BCUT2D eigenvalue weighted by Gasteiger charge is 2.33. The predicted molar refractivity (Wildman–Crippen MR) is 133 cm³/mol. The Labute approximate surface area is 214 Å². The van der Waals surface area contributed by atoms with Crippen molar-refractivity contribution in [3.8, 4) is 0 Å². The standard InChI is InChI=1S/C24H41Cl3O6/c1-3-4-5-6-7-8-9-10-11-12-13-14-15-16-17-22(29)31-18-21(33-20(2)28)19-32-23(30)24(25,26)27/h21H,3-19H2,1-2H3/t21-/m0/s1. The summed E-state index contributed by atoms with van der Waals surface area (Å²) in [6.07, 6.45) is 16.7. The van der Waals surface area contributed by atoms with E-state index < -0.39 is 27.8 Å². The molecule has 9 heteroatoms. The predicted octanol–water partition coefficient (Wildman–Crippen LogP) is 7.25. The van der Waals surface area contributed by atoms with Crippen LogP contribution in [-0.2, 0) is 28.6 Å². The third kappa shape index (κ3) is 21.5. The lowest BCUT2D eigenvalue weighted by atomic mass is 10.0. The van der Waals surface area contributed by atoms with Gasteiger partial charge in [-0.15, -0.1) is 0 Å². The van der Waals surface area contributed by atoms with Gasteiger partial charge in [0.2, 0.25) is 0 Å². The molecule has 33 heavy (non-hydrogen) atoms. The molecule has 0 bridgehead atoms. The zero-order valence-corrected chi connectivity index (χ0v) is 22.4. The van der Waals surface area contributed by atoms with Crippen molar-refractivity contribution in [1.29, 1.82) is 0 Å². The summed E-state index contributed by atoms with van der Waals surface area (Å²) in [5, 5.41) is 0. The molecular weight excluding hydrogens is 491 g/mol. The van der Waals surface area contributed by atoms with Gasteiger partial charge in [0.25, 0.3) is 3.79 Å². The summed E-state index contributed by atoms with van der Waals surface area (Å²) in [7, 11) is 0. The number of halogens is 3. The molecule has 0 spiro atoms. The monoisotopic (exact) mass is 530 g/mol. The molecule has 0 aliphatic heterocycles. The van der Waals surface area contributed by atoms with Gasteiger partial charge in [0.15, 0.2) is 6.10 Å². The molecule has 0 aliphatic carbocycles. The second kappa shape index (κ2) is 20.6. The van der Waals surface area contributed by atoms with E-state index in [9.17, 15) is 14.4 Å². The van der Waals surface area contributed by atoms with Crippen molar-refractivity contribution in [2.45, 2.75) is 120 Å². The second-order valence-corrected chi connectivity index (χ2v) is 10.6. The van der Waals surface area contributed by atoms with Crippen molar-refractivity contribution in [3.63, 3.8) is 0 Å². The number of esters is 3. The summed E-state index contributed by atoms with van der Waals surface area (Å²) < 4.78 is 12.7. The molecule has 1 atom stereocenters. The number of carbonyl (C=O) groups excluding carboxylic acids is 3. The third-order valence-electron chi connectivity index (χ3n) is 5.13. The van der Waals surface area contributed by atoms with Crippen molar-refractivity contribution >= 4 is 52.7 Å². The second-order valence-electron chi connectivity index (χ2n) is 8.36. The SMILES string of the molecule is CCCCCCCCCCCCCCCCC(=O)OC[C@@H](COC(=O)C(Cl)(Cl)Cl)OC(C)=O. The zero-order valence-electron chi connectivity index (χ0n) is 20.2. The largest absolute Gasteiger partial charge is 0.462 e. The fraction of sp³-hybridized carbons (Fsp3) is 0.875. The fourth-order valence-corrected chi connectivity index (χ4v) is 3.49. The van der Waals surface area contributed by atoms with E-state index in [1.807, 2.05) is 0 Å². The molecule has 0 aromatic carbocycles. The quantitative estimate of drug-likeness (QED) is 0.0712. The molecule has 0 unspecified atom stereocenters. The molecule has 0 aromatic heterocycles. The van der Waals surface area contributed by atoms with Crippen LogP contribution in [0, 0.1) is 0 Å². The van der Waals surface area contributed by atoms with E-state index in [0.29, 0.717) is 6.42 Å². The number of ether oxygens (including phenoxy) is 3. The first kappa shape index (κ1) is 32.3. The molecule has 6 nitrogen and oxygen atoms in total. The highest BCUT2D eigenvalue weighted by atomic mass is 35.6. The third-order valence-corrected chi connectivity index (χ3v) is 5.59. The molecule has 0 rings (SSSR count). The summed E-state index contributed by atoms with van der Waals surface area (Å²) >= 11 is 16.2. The van der Waals surface area contributed by atoms with Crippen LogP contribution in [0.2, 0.25) is 0 Å². The number of hydrogen-bond acceptors (Lipinski definition) is 6. The van der Waals surface area contributed by atoms with Crippen molar-refractivity contribution in [1.82, 2.24) is 0 Å². The van der Waals surface area contributed by atoms with Crippen LogP contribution in [-0.4, -0.2) is 41.0 Å². The van der Waals surface area contributed by atoms with E-state index in [1.165, 1.54) is 77.6 Å². The Bertz CT molecular complexity index is 537. The van der Waals surface area contributed by atoms with Gasteiger partial charge in [0.05, 0.1) is 0 Å². The van der Waals surface area contributed by atoms with Crippen LogP contribution in [0.15, 0.2) is 0 Å². The van der Waals surface area contributed by atoms with Gasteiger partial charge in [-0.25, -0.2) is 4.79 Å². The van der Waals surface area contributed by atoms with Crippen LogP contribution in [0.25, 0.3) is 0 Å². The Morgan fingerprint density at radius 3 is 1.55 bits per heavy atom. The van der Waals surface area contributed by atoms with Crippen LogP contribution in [0.5, 0.6) is 0 Å². The van der Waals surface area contributed by atoms with Crippen LogP contribution < -0.4 is 0 Å². The van der Waals surface area contributed by atoms with Gasteiger partial charge in [-0.1, -0.05) is 125 Å². The van der Waals surface area contributed by atoms with E-state index in [0.717, 1.165) is 19.3 Å². The number of rotatable bonds is 20. The molecule has 194 valence electrons. The average molecular weight is 532 g/mol. The normalized spacial score (nSPS) is 12.3. The molecule has 0 aromatic rings. The number of alkyl halides is 3. The molecule has 0 saturated carbocycles. The summed E-state index contributed by atoms with van der Waals surface area (Å²) in [5.74, 6) is -2.09. The van der Waals surface area contributed by atoms with Gasteiger partial charge in [-0.2, -0.15) is 0 Å². The van der Waals surface area contributed by atoms with E-state index in [4.69, 9.17) is 49.0 Å². The highest BCUT2D eigenvalue weighted by molar-refractivity contribution is 6.75. The van der Waals surface area contributed by atoms with Gasteiger partial charge in [0.1, 0.15) is 13.2 Å². The van der Waals surface area contributed by atoms with Gasteiger partial charge >= 0.3 is 17.9 Å². The summed E-state index contributed by atoms with van der Waals surface area (Å²) in [6.45, 7) is 2.83. The Balaban J connectivity index is 3.73. The summed E-state index contributed by atoms with van der Waals surface area (Å²) in [5.41, 5.74) is 0. The minimum atomic E-state index is -2.23. The van der Waals surface area contributed by atoms with Gasteiger partial charge in [-0.05, 0) is 6.42 Å². The Morgan fingerprint density at radius 1 is 0.697 bits per heavy atom. The topological polar surface area (TPSA) is 78.9 Å². The number of unbranched alkanes of at least 4 members (excludes halogenated alkanes) is 13. The van der Waals surface area contributed by atoms with Crippen LogP contribution in [0.4, 0.5) is 0 Å². The smallest absolute Gasteiger partial charge is 0.358 e.